The Bertz CT molecular complexity index is 704. The number of carbonyl (C=O) groups is 2. The number of amides is 2. The number of halogens is 1. The summed E-state index contributed by atoms with van der Waals surface area (Å²) in [5, 5.41) is 3.63. The minimum atomic E-state index is -0.396. The highest BCUT2D eigenvalue weighted by Gasteiger charge is 2.47. The first-order valence-electron chi connectivity index (χ1n) is 10.2. The molecule has 2 saturated carbocycles. The Morgan fingerprint density at radius 3 is 2.56 bits per heavy atom. The molecule has 1 aliphatic heterocycles. The van der Waals surface area contributed by atoms with E-state index in [0.717, 1.165) is 38.5 Å². The average Bonchev–Trinajstić information content (AvgIpc) is 3.46. The Labute approximate surface area is 165 Å². The van der Waals surface area contributed by atoms with Gasteiger partial charge in [-0.05, 0) is 68.2 Å². The number of hydrogen-bond acceptors (Lipinski definition) is 3. The van der Waals surface area contributed by atoms with Gasteiger partial charge in [0.05, 0.1) is 0 Å². The van der Waals surface area contributed by atoms with E-state index < -0.39 is 6.04 Å². The second-order valence-corrected chi connectivity index (χ2v) is 8.77. The molecule has 3 N–H and O–H groups in total. The van der Waals surface area contributed by atoms with E-state index in [4.69, 9.17) is 17.3 Å². The van der Waals surface area contributed by atoms with Crippen molar-refractivity contribution in [2.45, 2.75) is 63.1 Å². The molecular formula is C21H28ClN3O2. The number of nitrogens with one attached hydrogen (secondary N) is 1. The fraction of sp³-hybridized carbons (Fsp3) is 0.619. The first-order valence-corrected chi connectivity index (χ1v) is 10.5. The summed E-state index contributed by atoms with van der Waals surface area (Å²) in [4.78, 5) is 28.1. The monoisotopic (exact) mass is 389 g/mol. The Morgan fingerprint density at radius 1 is 1.15 bits per heavy atom. The summed E-state index contributed by atoms with van der Waals surface area (Å²) in [6, 6.07) is 6.75. The topological polar surface area (TPSA) is 75.4 Å². The normalized spacial score (nSPS) is 28.5. The molecular weight excluding hydrogens is 362 g/mol. The first-order chi connectivity index (χ1) is 13.0. The van der Waals surface area contributed by atoms with E-state index >= 15 is 0 Å². The summed E-state index contributed by atoms with van der Waals surface area (Å²) in [5.74, 6) is 0.849. The summed E-state index contributed by atoms with van der Waals surface area (Å²) >= 11 is 5.97. The van der Waals surface area contributed by atoms with Gasteiger partial charge in [-0.15, -0.1) is 0 Å². The van der Waals surface area contributed by atoms with E-state index in [1.165, 1.54) is 6.42 Å². The molecule has 146 valence electrons. The predicted molar refractivity (Wildman–Crippen MR) is 105 cm³/mol. The van der Waals surface area contributed by atoms with Crippen LogP contribution in [0.3, 0.4) is 0 Å². The van der Waals surface area contributed by atoms with Gasteiger partial charge in [0.1, 0.15) is 6.04 Å². The van der Waals surface area contributed by atoms with Gasteiger partial charge in [-0.25, -0.2) is 0 Å². The number of hydrogen-bond donors (Lipinski definition) is 2. The first kappa shape index (κ1) is 18.8. The molecule has 3 fully saturated rings. The minimum Gasteiger partial charge on any atom is -0.353 e. The van der Waals surface area contributed by atoms with Crippen molar-refractivity contribution in [3.63, 3.8) is 0 Å². The lowest BCUT2D eigenvalue weighted by molar-refractivity contribution is -0.125. The van der Waals surface area contributed by atoms with Gasteiger partial charge in [0.15, 0.2) is 0 Å². The lowest BCUT2D eigenvalue weighted by Crippen LogP contribution is -2.51. The molecule has 0 aromatic heterocycles. The van der Waals surface area contributed by atoms with E-state index in [0.29, 0.717) is 29.0 Å². The molecule has 0 spiro atoms. The maximum atomic E-state index is 13.3. The second-order valence-electron chi connectivity index (χ2n) is 8.33. The zero-order valence-corrected chi connectivity index (χ0v) is 16.3. The van der Waals surface area contributed by atoms with Gasteiger partial charge >= 0.3 is 0 Å². The summed E-state index contributed by atoms with van der Waals surface area (Å²) < 4.78 is 0. The molecule has 1 heterocycles. The van der Waals surface area contributed by atoms with E-state index in [2.05, 4.69) is 5.32 Å². The molecule has 3 aliphatic rings. The number of nitrogens with two attached hydrogens (primary N) is 1. The van der Waals surface area contributed by atoms with Crippen molar-refractivity contribution in [1.29, 1.82) is 0 Å². The number of benzene rings is 1. The molecule has 4 unspecified atom stereocenters. The van der Waals surface area contributed by atoms with Gasteiger partial charge in [0.2, 0.25) is 5.91 Å². The molecule has 27 heavy (non-hydrogen) atoms. The molecule has 4 atom stereocenters. The van der Waals surface area contributed by atoms with Crippen LogP contribution in [-0.2, 0) is 4.79 Å². The highest BCUT2D eigenvalue weighted by molar-refractivity contribution is 6.30. The van der Waals surface area contributed by atoms with Crippen molar-refractivity contribution in [2.24, 2.45) is 17.6 Å². The minimum absolute atomic E-state index is 0.0260. The molecule has 1 saturated heterocycles. The summed E-state index contributed by atoms with van der Waals surface area (Å²) in [7, 11) is 0. The van der Waals surface area contributed by atoms with Crippen LogP contribution in [0, 0.1) is 11.8 Å². The van der Waals surface area contributed by atoms with Crippen LogP contribution in [0.2, 0.25) is 5.02 Å². The summed E-state index contributed by atoms with van der Waals surface area (Å²) in [6.45, 7) is 0.498. The van der Waals surface area contributed by atoms with Gasteiger partial charge in [-0.3, -0.25) is 9.59 Å². The van der Waals surface area contributed by atoms with Crippen LogP contribution in [0.4, 0.5) is 0 Å². The molecule has 6 heteroatoms. The number of carbonyl (C=O) groups excluding carboxylic acids is 2. The Kier molecular flexibility index (Phi) is 5.42. The molecule has 5 nitrogen and oxygen atoms in total. The number of likely N-dealkylation sites (tertiary alicyclic amines) is 1. The van der Waals surface area contributed by atoms with E-state index in [9.17, 15) is 9.59 Å². The Morgan fingerprint density at radius 2 is 1.85 bits per heavy atom. The van der Waals surface area contributed by atoms with Gasteiger partial charge in [-0.2, -0.15) is 0 Å². The number of nitrogens with zero attached hydrogens (tertiary/aromatic N) is 1. The molecule has 2 amide bonds. The number of rotatable bonds is 5. The van der Waals surface area contributed by atoms with Crippen molar-refractivity contribution in [2.75, 3.05) is 6.54 Å². The van der Waals surface area contributed by atoms with Gasteiger partial charge in [0.25, 0.3) is 5.91 Å². The summed E-state index contributed by atoms with van der Waals surface area (Å²) in [6.07, 6.45) is 7.46. The van der Waals surface area contributed by atoms with Crippen molar-refractivity contribution < 1.29 is 9.59 Å². The largest absolute Gasteiger partial charge is 0.353 e. The lowest BCUT2D eigenvalue weighted by atomic mass is 9.84. The van der Waals surface area contributed by atoms with Gasteiger partial charge in [0, 0.05) is 29.2 Å². The van der Waals surface area contributed by atoms with E-state index in [1.807, 2.05) is 4.90 Å². The SMILES string of the molecule is NC(CNC(=O)C1CC2CCCCC2N1C(=O)c1ccc(Cl)cc1)C1CC1. The van der Waals surface area contributed by atoms with Gasteiger partial charge < -0.3 is 16.0 Å². The second kappa shape index (κ2) is 7.80. The lowest BCUT2D eigenvalue weighted by Gasteiger charge is -2.33. The maximum absolute atomic E-state index is 13.3. The van der Waals surface area contributed by atoms with Crippen molar-refractivity contribution >= 4 is 23.4 Å². The molecule has 0 bridgehead atoms. The van der Waals surface area contributed by atoms with E-state index in [1.54, 1.807) is 24.3 Å². The third kappa shape index (κ3) is 3.99. The third-order valence-corrected chi connectivity index (χ3v) is 6.71. The van der Waals surface area contributed by atoms with Crippen LogP contribution in [-0.4, -0.2) is 41.4 Å². The Hall–Kier alpha value is -1.59. The zero-order valence-electron chi connectivity index (χ0n) is 15.6. The van der Waals surface area contributed by atoms with Crippen LogP contribution in [0.15, 0.2) is 24.3 Å². The average molecular weight is 390 g/mol. The maximum Gasteiger partial charge on any atom is 0.254 e. The van der Waals surface area contributed by atoms with Crippen LogP contribution in [0.5, 0.6) is 0 Å². The quantitative estimate of drug-likeness (QED) is 0.812. The molecule has 1 aromatic carbocycles. The summed E-state index contributed by atoms with van der Waals surface area (Å²) in [5.41, 5.74) is 6.73. The standard InChI is InChI=1S/C21H28ClN3O2/c22-16-9-7-14(8-10-16)21(27)25-18-4-2-1-3-15(18)11-19(25)20(26)24-12-17(23)13-5-6-13/h7-10,13,15,17-19H,1-6,11-12,23H2,(H,24,26). The van der Waals surface area contributed by atoms with Crippen molar-refractivity contribution in [3.8, 4) is 0 Å². The smallest absolute Gasteiger partial charge is 0.254 e. The fourth-order valence-electron chi connectivity index (χ4n) is 4.76. The van der Waals surface area contributed by atoms with Gasteiger partial charge in [-0.1, -0.05) is 24.4 Å². The van der Waals surface area contributed by atoms with Crippen LogP contribution in [0.1, 0.15) is 55.3 Å². The molecule has 4 rings (SSSR count). The van der Waals surface area contributed by atoms with Crippen molar-refractivity contribution in [1.82, 2.24) is 10.2 Å². The predicted octanol–water partition coefficient (Wildman–Crippen LogP) is 2.97. The highest BCUT2D eigenvalue weighted by atomic mass is 35.5. The van der Waals surface area contributed by atoms with Crippen molar-refractivity contribution in [3.05, 3.63) is 34.9 Å². The number of fused-ring (bicyclic) bond motifs is 1. The highest BCUT2D eigenvalue weighted by Crippen LogP contribution is 2.40. The van der Waals surface area contributed by atoms with Crippen LogP contribution in [0.25, 0.3) is 0 Å². The zero-order chi connectivity index (χ0) is 19.0. The van der Waals surface area contributed by atoms with Crippen LogP contribution < -0.4 is 11.1 Å². The van der Waals surface area contributed by atoms with E-state index in [-0.39, 0.29) is 23.9 Å². The van der Waals surface area contributed by atoms with Crippen LogP contribution >= 0.6 is 11.6 Å². The molecule has 0 radical (unpaired) electrons. The molecule has 1 aromatic rings. The third-order valence-electron chi connectivity index (χ3n) is 6.46. The molecule has 2 aliphatic carbocycles. The Balaban J connectivity index is 1.51. The fourth-order valence-corrected chi connectivity index (χ4v) is 4.88.